The molecule has 0 aliphatic carbocycles. The van der Waals surface area contributed by atoms with Crippen LogP contribution in [0.4, 0.5) is 0 Å². The summed E-state index contributed by atoms with van der Waals surface area (Å²) in [7, 11) is 0. The molecule has 3 nitrogen and oxygen atoms in total. The molecule has 2 rings (SSSR count). The van der Waals surface area contributed by atoms with Gasteiger partial charge in [0, 0.05) is 5.02 Å². The van der Waals surface area contributed by atoms with E-state index in [0.717, 1.165) is 12.0 Å². The zero-order valence-corrected chi connectivity index (χ0v) is 15.1. The van der Waals surface area contributed by atoms with E-state index in [1.54, 1.807) is 24.3 Å². The first kappa shape index (κ1) is 18.3. The molecule has 0 radical (unpaired) electrons. The van der Waals surface area contributed by atoms with Gasteiger partial charge in [0.05, 0.1) is 6.04 Å². The quantitative estimate of drug-likeness (QED) is 0.772. The van der Waals surface area contributed by atoms with Gasteiger partial charge in [-0.3, -0.25) is 4.79 Å². The van der Waals surface area contributed by atoms with Crippen molar-refractivity contribution in [2.75, 3.05) is 0 Å². The van der Waals surface area contributed by atoms with Crippen LogP contribution < -0.4 is 10.1 Å². The highest BCUT2D eigenvalue weighted by molar-refractivity contribution is 6.30. The van der Waals surface area contributed by atoms with Gasteiger partial charge in [0.15, 0.2) is 6.10 Å². The van der Waals surface area contributed by atoms with Crippen LogP contribution in [0.15, 0.2) is 48.5 Å². The molecule has 1 amide bonds. The number of aryl methyl sites for hydroxylation is 1. The standard InChI is InChI=1S/C20H24ClNO2/c1-4-15-9-11-16(12-10-15)14(3)22-20(23)19(5-2)24-18-8-6-7-17(21)13-18/h6-14,19H,4-5H2,1-3H3,(H,22,23)/t14-,19-/m0/s1. The predicted molar refractivity (Wildman–Crippen MR) is 98.5 cm³/mol. The molecule has 128 valence electrons. The molecule has 0 fully saturated rings. The Kier molecular flexibility index (Phi) is 6.68. The minimum Gasteiger partial charge on any atom is -0.481 e. The molecule has 1 N–H and O–H groups in total. The number of benzene rings is 2. The third kappa shape index (κ3) is 5.00. The minimum absolute atomic E-state index is 0.0691. The van der Waals surface area contributed by atoms with Gasteiger partial charge in [0.1, 0.15) is 5.75 Å². The van der Waals surface area contributed by atoms with Gasteiger partial charge in [-0.2, -0.15) is 0 Å². The van der Waals surface area contributed by atoms with Gasteiger partial charge in [-0.15, -0.1) is 0 Å². The van der Waals surface area contributed by atoms with Gasteiger partial charge in [-0.05, 0) is 49.1 Å². The summed E-state index contributed by atoms with van der Waals surface area (Å²) in [6.45, 7) is 6.03. The van der Waals surface area contributed by atoms with Crippen LogP contribution in [0, 0.1) is 0 Å². The van der Waals surface area contributed by atoms with Gasteiger partial charge in [0.2, 0.25) is 0 Å². The molecule has 0 heterocycles. The van der Waals surface area contributed by atoms with Crippen LogP contribution in [0.1, 0.15) is 44.4 Å². The lowest BCUT2D eigenvalue weighted by molar-refractivity contribution is -0.128. The van der Waals surface area contributed by atoms with Crippen molar-refractivity contribution in [3.05, 3.63) is 64.7 Å². The summed E-state index contributed by atoms with van der Waals surface area (Å²) in [5.41, 5.74) is 2.37. The van der Waals surface area contributed by atoms with Crippen LogP contribution in [0.2, 0.25) is 5.02 Å². The van der Waals surface area contributed by atoms with Crippen molar-refractivity contribution in [3.63, 3.8) is 0 Å². The highest BCUT2D eigenvalue weighted by atomic mass is 35.5. The zero-order valence-electron chi connectivity index (χ0n) is 14.4. The first-order chi connectivity index (χ1) is 11.5. The Bertz CT molecular complexity index is 670. The number of carbonyl (C=O) groups excluding carboxylic acids is 1. The number of carbonyl (C=O) groups is 1. The normalized spacial score (nSPS) is 13.2. The average Bonchev–Trinajstić information content (AvgIpc) is 2.59. The van der Waals surface area contributed by atoms with Gasteiger partial charge >= 0.3 is 0 Å². The molecule has 0 saturated carbocycles. The van der Waals surface area contributed by atoms with E-state index in [1.165, 1.54) is 5.56 Å². The summed E-state index contributed by atoms with van der Waals surface area (Å²) in [6, 6.07) is 15.3. The number of nitrogens with one attached hydrogen (secondary N) is 1. The molecule has 2 aromatic carbocycles. The second kappa shape index (κ2) is 8.74. The first-order valence-corrected chi connectivity index (χ1v) is 8.72. The highest BCUT2D eigenvalue weighted by Crippen LogP contribution is 2.20. The molecule has 2 atom stereocenters. The predicted octanol–water partition coefficient (Wildman–Crippen LogP) is 4.94. The number of hydrogen-bond donors (Lipinski definition) is 1. The molecule has 0 unspecified atom stereocenters. The average molecular weight is 346 g/mol. The molecular weight excluding hydrogens is 322 g/mol. The molecular formula is C20H24ClNO2. The van der Waals surface area contributed by atoms with E-state index in [0.29, 0.717) is 17.2 Å². The van der Waals surface area contributed by atoms with E-state index < -0.39 is 6.10 Å². The fraction of sp³-hybridized carbons (Fsp3) is 0.350. The van der Waals surface area contributed by atoms with Crippen LogP contribution in [0.3, 0.4) is 0 Å². The van der Waals surface area contributed by atoms with Crippen LogP contribution in [0.5, 0.6) is 5.75 Å². The van der Waals surface area contributed by atoms with Crippen molar-refractivity contribution in [1.29, 1.82) is 0 Å². The lowest BCUT2D eigenvalue weighted by Gasteiger charge is -2.21. The Balaban J connectivity index is 1.99. The van der Waals surface area contributed by atoms with Gasteiger partial charge < -0.3 is 10.1 Å². The van der Waals surface area contributed by atoms with Gasteiger partial charge in [0.25, 0.3) is 5.91 Å². The number of amides is 1. The zero-order chi connectivity index (χ0) is 17.5. The van der Waals surface area contributed by atoms with Crippen LogP contribution >= 0.6 is 11.6 Å². The molecule has 4 heteroatoms. The Morgan fingerprint density at radius 2 is 1.88 bits per heavy atom. The lowest BCUT2D eigenvalue weighted by Crippen LogP contribution is -2.39. The van der Waals surface area contributed by atoms with E-state index in [9.17, 15) is 4.79 Å². The topological polar surface area (TPSA) is 38.3 Å². The smallest absolute Gasteiger partial charge is 0.261 e. The fourth-order valence-electron chi connectivity index (χ4n) is 2.46. The largest absolute Gasteiger partial charge is 0.481 e. The Labute approximate surface area is 149 Å². The molecule has 0 aromatic heterocycles. The lowest BCUT2D eigenvalue weighted by atomic mass is 10.0. The third-order valence-electron chi connectivity index (χ3n) is 3.98. The number of rotatable bonds is 7. The number of halogens is 1. The molecule has 0 aliphatic rings. The molecule has 0 bridgehead atoms. The van der Waals surface area contributed by atoms with E-state index in [4.69, 9.17) is 16.3 Å². The van der Waals surface area contributed by atoms with E-state index in [2.05, 4.69) is 36.5 Å². The maximum absolute atomic E-state index is 12.5. The molecule has 24 heavy (non-hydrogen) atoms. The summed E-state index contributed by atoms with van der Waals surface area (Å²) >= 11 is 5.96. The summed E-state index contributed by atoms with van der Waals surface area (Å²) in [5, 5.41) is 3.61. The minimum atomic E-state index is -0.541. The second-order valence-electron chi connectivity index (χ2n) is 5.80. The maximum atomic E-state index is 12.5. The molecule has 0 saturated heterocycles. The van der Waals surface area contributed by atoms with Gasteiger partial charge in [-0.25, -0.2) is 0 Å². The maximum Gasteiger partial charge on any atom is 0.261 e. The van der Waals surface area contributed by atoms with Crippen molar-refractivity contribution < 1.29 is 9.53 Å². The monoisotopic (exact) mass is 345 g/mol. The van der Waals surface area contributed by atoms with E-state index >= 15 is 0 Å². The molecule has 0 aliphatic heterocycles. The van der Waals surface area contributed by atoms with Crippen molar-refractivity contribution >= 4 is 17.5 Å². The summed E-state index contributed by atoms with van der Waals surface area (Å²) < 4.78 is 5.78. The highest BCUT2D eigenvalue weighted by Gasteiger charge is 2.20. The van der Waals surface area contributed by atoms with Crippen LogP contribution in [-0.4, -0.2) is 12.0 Å². The Morgan fingerprint density at radius 1 is 1.17 bits per heavy atom. The van der Waals surface area contributed by atoms with Crippen molar-refractivity contribution in [2.24, 2.45) is 0 Å². The van der Waals surface area contributed by atoms with Crippen LogP contribution in [-0.2, 0) is 11.2 Å². The van der Waals surface area contributed by atoms with Crippen molar-refractivity contribution in [3.8, 4) is 5.75 Å². The van der Waals surface area contributed by atoms with Crippen molar-refractivity contribution in [2.45, 2.75) is 45.8 Å². The summed E-state index contributed by atoms with van der Waals surface area (Å²) in [4.78, 5) is 12.5. The van der Waals surface area contributed by atoms with E-state index in [1.807, 2.05) is 13.8 Å². The van der Waals surface area contributed by atoms with Crippen molar-refractivity contribution in [1.82, 2.24) is 5.32 Å². The molecule has 0 spiro atoms. The first-order valence-electron chi connectivity index (χ1n) is 8.35. The fourth-order valence-corrected chi connectivity index (χ4v) is 2.64. The summed E-state index contributed by atoms with van der Waals surface area (Å²) in [6.07, 6.45) is 1.05. The third-order valence-corrected chi connectivity index (χ3v) is 4.22. The second-order valence-corrected chi connectivity index (χ2v) is 6.23. The Hall–Kier alpha value is -2.00. The molecule has 2 aromatic rings. The summed E-state index contributed by atoms with van der Waals surface area (Å²) in [5.74, 6) is 0.481. The number of hydrogen-bond acceptors (Lipinski definition) is 2. The number of ether oxygens (including phenoxy) is 1. The van der Waals surface area contributed by atoms with Gasteiger partial charge in [-0.1, -0.05) is 55.8 Å². The van der Waals surface area contributed by atoms with Crippen LogP contribution in [0.25, 0.3) is 0 Å². The SMILES string of the molecule is CCc1ccc([C@H](C)NC(=O)[C@H](CC)Oc2cccc(Cl)c2)cc1. The Morgan fingerprint density at radius 3 is 2.46 bits per heavy atom. The van der Waals surface area contributed by atoms with E-state index in [-0.39, 0.29) is 11.9 Å².